The van der Waals surface area contributed by atoms with Gasteiger partial charge in [-0.1, -0.05) is 76.4 Å². The molecule has 0 N–H and O–H groups in total. The van der Waals surface area contributed by atoms with E-state index in [-0.39, 0.29) is 36.7 Å². The van der Waals surface area contributed by atoms with Gasteiger partial charge in [0.2, 0.25) is 0 Å². The van der Waals surface area contributed by atoms with Gasteiger partial charge in [0, 0.05) is 25.8 Å². The third-order valence-corrected chi connectivity index (χ3v) is 5.32. The summed E-state index contributed by atoms with van der Waals surface area (Å²) in [6.45, 7) is 15.9. The van der Waals surface area contributed by atoms with Gasteiger partial charge >= 0.3 is 0 Å². The van der Waals surface area contributed by atoms with Crippen LogP contribution in [0, 0.1) is 13.0 Å². The van der Waals surface area contributed by atoms with Crippen LogP contribution in [0.1, 0.15) is 64.7 Å². The minimum absolute atomic E-state index is 0. The van der Waals surface area contributed by atoms with Crippen LogP contribution in [0.4, 0.5) is 0 Å². The Morgan fingerprint density at radius 1 is 0.857 bits per heavy atom. The third-order valence-electron chi connectivity index (χ3n) is 5.32. The summed E-state index contributed by atoms with van der Waals surface area (Å²) in [5, 5.41) is 5.56. The zero-order valence-electron chi connectivity index (χ0n) is 18.4. The number of fused-ring (bicyclic) bond motifs is 3. The molecule has 1 aliphatic rings. The quantitative estimate of drug-likeness (QED) is 0.203. The molecule has 4 rings (SSSR count). The van der Waals surface area contributed by atoms with Crippen molar-refractivity contribution in [1.29, 1.82) is 0 Å². The maximum absolute atomic E-state index is 2.99. The normalized spacial score (nSPS) is 13.5. The van der Waals surface area contributed by atoms with E-state index in [1.165, 1.54) is 38.2 Å². The number of benzene rings is 2. The van der Waals surface area contributed by atoms with E-state index < -0.39 is 0 Å². The standard InChI is InChI=1S/C22H27.C5H5.Hf/c1-14-10-18(22(5,6)7)13-16-11-15-12-17(21(2,3)4)8-9-19(15)20(14)16;1-2-4-5-3-1;/h8-13H,1-7H3;1-3H,4H2;/q2*-1;. The SMILES string of the molecule is Cc1cc(C(C)(C)C)cc2[cH-]c3cc(C(C)(C)C)ccc3c12.[C-]1=CC=CC1.[Hf]. The molecule has 1 aliphatic carbocycles. The molecule has 0 fully saturated rings. The Hall–Kier alpha value is -1.34. The van der Waals surface area contributed by atoms with Crippen LogP contribution in [-0.4, -0.2) is 0 Å². The van der Waals surface area contributed by atoms with Crippen molar-refractivity contribution < 1.29 is 25.8 Å². The van der Waals surface area contributed by atoms with Gasteiger partial charge in [-0.15, -0.1) is 46.2 Å². The Morgan fingerprint density at radius 2 is 1.50 bits per heavy atom. The topological polar surface area (TPSA) is 0 Å². The molecule has 0 heterocycles. The van der Waals surface area contributed by atoms with Crippen molar-refractivity contribution in [3.05, 3.63) is 77.4 Å². The summed E-state index contributed by atoms with van der Waals surface area (Å²) in [7, 11) is 0. The van der Waals surface area contributed by atoms with Gasteiger partial charge < -0.3 is 0 Å². The fourth-order valence-electron chi connectivity index (χ4n) is 3.61. The molecule has 0 bridgehead atoms. The van der Waals surface area contributed by atoms with E-state index in [1.807, 2.05) is 12.2 Å². The zero-order valence-corrected chi connectivity index (χ0v) is 22.0. The minimum Gasteiger partial charge on any atom is -0.273 e. The van der Waals surface area contributed by atoms with Gasteiger partial charge in [-0.3, -0.25) is 6.08 Å². The first-order chi connectivity index (χ1) is 12.6. The van der Waals surface area contributed by atoms with Crippen LogP contribution in [0.15, 0.2) is 54.6 Å². The molecule has 0 amide bonds. The molecule has 3 aromatic carbocycles. The molecule has 28 heavy (non-hydrogen) atoms. The summed E-state index contributed by atoms with van der Waals surface area (Å²) in [5.74, 6) is 0. The summed E-state index contributed by atoms with van der Waals surface area (Å²) in [4.78, 5) is 0. The van der Waals surface area contributed by atoms with E-state index in [0.717, 1.165) is 6.42 Å². The molecule has 0 saturated heterocycles. The smallest absolute Gasteiger partial charge is 0 e. The molecule has 0 saturated carbocycles. The minimum atomic E-state index is 0. The van der Waals surface area contributed by atoms with E-state index in [4.69, 9.17) is 0 Å². The molecule has 0 unspecified atom stereocenters. The second-order valence-electron chi connectivity index (χ2n) is 9.71. The maximum atomic E-state index is 2.99. The molecule has 0 nitrogen and oxygen atoms in total. The van der Waals surface area contributed by atoms with Crippen LogP contribution in [0.3, 0.4) is 0 Å². The molecular weight excluding hydrogens is 503 g/mol. The first-order valence-corrected chi connectivity index (χ1v) is 9.94. The van der Waals surface area contributed by atoms with Gasteiger partial charge in [-0.05, 0) is 17.8 Å². The van der Waals surface area contributed by atoms with Crippen LogP contribution in [-0.2, 0) is 36.7 Å². The second kappa shape index (κ2) is 8.57. The molecular formula is C27H32Hf-2. The Labute approximate surface area is 189 Å². The maximum Gasteiger partial charge on any atom is 0 e. The monoisotopic (exact) mass is 536 g/mol. The molecule has 0 spiro atoms. The molecule has 1 heteroatoms. The molecule has 0 atom stereocenters. The van der Waals surface area contributed by atoms with Gasteiger partial charge in [0.05, 0.1) is 0 Å². The van der Waals surface area contributed by atoms with Crippen molar-refractivity contribution in [1.82, 2.24) is 0 Å². The number of hydrogen-bond donors (Lipinski definition) is 0. The number of hydrogen-bond acceptors (Lipinski definition) is 0. The van der Waals surface area contributed by atoms with Crippen molar-refractivity contribution in [2.75, 3.05) is 0 Å². The fraction of sp³-hybridized carbons (Fsp3) is 0.370. The van der Waals surface area contributed by atoms with Crippen molar-refractivity contribution in [3.8, 4) is 0 Å². The molecule has 146 valence electrons. The summed E-state index contributed by atoms with van der Waals surface area (Å²) < 4.78 is 0. The van der Waals surface area contributed by atoms with Crippen molar-refractivity contribution >= 4 is 21.5 Å². The van der Waals surface area contributed by atoms with Gasteiger partial charge in [-0.2, -0.15) is 6.08 Å². The van der Waals surface area contributed by atoms with Gasteiger partial charge in [0.15, 0.2) is 0 Å². The summed E-state index contributed by atoms with van der Waals surface area (Å²) in [6, 6.07) is 14.1. The summed E-state index contributed by atoms with van der Waals surface area (Å²) in [5.41, 5.74) is 4.61. The first kappa shape index (κ1) is 22.9. The van der Waals surface area contributed by atoms with Crippen LogP contribution in [0.2, 0.25) is 0 Å². The van der Waals surface area contributed by atoms with E-state index in [2.05, 4.69) is 97.0 Å². The van der Waals surface area contributed by atoms with Crippen molar-refractivity contribution in [3.63, 3.8) is 0 Å². The summed E-state index contributed by atoms with van der Waals surface area (Å²) >= 11 is 0. The Morgan fingerprint density at radius 3 is 2.00 bits per heavy atom. The number of rotatable bonds is 0. The average molecular weight is 535 g/mol. The van der Waals surface area contributed by atoms with Gasteiger partial charge in [0.25, 0.3) is 0 Å². The Bertz CT molecular complexity index is 1000. The second-order valence-corrected chi connectivity index (χ2v) is 9.71. The van der Waals surface area contributed by atoms with E-state index in [9.17, 15) is 0 Å². The first-order valence-electron chi connectivity index (χ1n) is 9.94. The predicted octanol–water partition coefficient (Wildman–Crippen LogP) is 7.92. The Balaban J connectivity index is 0.000000408. The van der Waals surface area contributed by atoms with Crippen molar-refractivity contribution in [2.24, 2.45) is 0 Å². The van der Waals surface area contributed by atoms with Crippen molar-refractivity contribution in [2.45, 2.75) is 65.7 Å². The number of aryl methyl sites for hydroxylation is 1. The van der Waals surface area contributed by atoms with E-state index >= 15 is 0 Å². The zero-order chi connectivity index (χ0) is 19.8. The molecule has 0 aromatic heterocycles. The summed E-state index contributed by atoms with van der Waals surface area (Å²) in [6.07, 6.45) is 10.0. The fourth-order valence-corrected chi connectivity index (χ4v) is 3.61. The molecule has 3 aromatic rings. The predicted molar refractivity (Wildman–Crippen MR) is 121 cm³/mol. The third kappa shape index (κ3) is 4.98. The van der Waals surface area contributed by atoms with Crippen LogP contribution < -0.4 is 0 Å². The molecule has 0 radical (unpaired) electrons. The number of allylic oxidation sites excluding steroid dienone is 4. The average Bonchev–Trinajstić information content (AvgIpc) is 3.23. The largest absolute Gasteiger partial charge is 0.273 e. The van der Waals surface area contributed by atoms with Gasteiger partial charge in [0.1, 0.15) is 0 Å². The van der Waals surface area contributed by atoms with Crippen LogP contribution >= 0.6 is 0 Å². The Kier molecular flexibility index (Phi) is 7.03. The van der Waals surface area contributed by atoms with Gasteiger partial charge in [-0.25, -0.2) is 12.2 Å². The van der Waals surface area contributed by atoms with E-state index in [1.54, 1.807) is 0 Å². The van der Waals surface area contributed by atoms with Crippen LogP contribution in [0.25, 0.3) is 21.5 Å². The molecule has 0 aliphatic heterocycles. The van der Waals surface area contributed by atoms with Crippen LogP contribution in [0.5, 0.6) is 0 Å². The van der Waals surface area contributed by atoms with E-state index in [0.29, 0.717) is 0 Å².